The van der Waals surface area contributed by atoms with Crippen LogP contribution in [0.5, 0.6) is 0 Å². The van der Waals surface area contributed by atoms with Crippen molar-refractivity contribution in [2.24, 2.45) is 0 Å². The van der Waals surface area contributed by atoms with Crippen LogP contribution in [0.25, 0.3) is 0 Å². The second-order valence-corrected chi connectivity index (χ2v) is 6.15. The number of allylic oxidation sites excluding steroid dienone is 2. The minimum absolute atomic E-state index is 1.10. The molecule has 20 heavy (non-hydrogen) atoms. The van der Waals surface area contributed by atoms with E-state index in [1.807, 2.05) is 6.08 Å². The smallest absolute Gasteiger partial charge is 0.0187 e. The van der Waals surface area contributed by atoms with Crippen LogP contribution in [0.3, 0.4) is 0 Å². The molecule has 3 heteroatoms. The molecule has 0 spiro atoms. The van der Waals surface area contributed by atoms with Crippen LogP contribution in [-0.2, 0) is 0 Å². The van der Waals surface area contributed by atoms with Crippen molar-refractivity contribution in [1.82, 2.24) is 14.7 Å². The number of hydrogen-bond acceptors (Lipinski definition) is 3. The summed E-state index contributed by atoms with van der Waals surface area (Å²) in [5.41, 5.74) is 1.50. The van der Waals surface area contributed by atoms with Gasteiger partial charge in [-0.1, -0.05) is 17.7 Å². The van der Waals surface area contributed by atoms with E-state index in [-0.39, 0.29) is 0 Å². The maximum absolute atomic E-state index is 3.76. The minimum Gasteiger partial charge on any atom is -0.304 e. The normalized spacial score (nSPS) is 18.7. The molecule has 0 unspecified atom stereocenters. The van der Waals surface area contributed by atoms with Gasteiger partial charge in [-0.2, -0.15) is 0 Å². The van der Waals surface area contributed by atoms with Gasteiger partial charge in [0.05, 0.1) is 0 Å². The number of nitrogens with zero attached hydrogens (tertiary/aromatic N) is 3. The molecule has 0 aliphatic carbocycles. The van der Waals surface area contributed by atoms with Crippen LogP contribution < -0.4 is 0 Å². The highest BCUT2D eigenvalue weighted by Gasteiger charge is 2.13. The van der Waals surface area contributed by atoms with Gasteiger partial charge >= 0.3 is 0 Å². The number of hydrogen-bond donors (Lipinski definition) is 0. The number of piperazine rings is 1. The van der Waals surface area contributed by atoms with Crippen molar-refractivity contribution < 1.29 is 0 Å². The molecule has 1 heterocycles. The molecule has 1 saturated heterocycles. The first-order valence-corrected chi connectivity index (χ1v) is 7.97. The fraction of sp³-hybridized carbons (Fsp3) is 0.765. The van der Waals surface area contributed by atoms with E-state index in [0.717, 1.165) is 13.0 Å². The van der Waals surface area contributed by atoms with Crippen molar-refractivity contribution in [3.05, 3.63) is 24.3 Å². The first kappa shape index (κ1) is 17.4. The summed E-state index contributed by atoms with van der Waals surface area (Å²) < 4.78 is 0. The highest BCUT2D eigenvalue weighted by molar-refractivity contribution is 5.00. The van der Waals surface area contributed by atoms with Gasteiger partial charge in [-0.05, 0) is 40.3 Å². The van der Waals surface area contributed by atoms with Crippen molar-refractivity contribution in [3.8, 4) is 0 Å². The van der Waals surface area contributed by atoms with Crippen molar-refractivity contribution in [2.45, 2.75) is 26.2 Å². The van der Waals surface area contributed by atoms with Gasteiger partial charge in [0.1, 0.15) is 0 Å². The average Bonchev–Trinajstić information content (AvgIpc) is 2.43. The Hall–Kier alpha value is -0.640. The van der Waals surface area contributed by atoms with Crippen LogP contribution in [0.2, 0.25) is 0 Å². The second kappa shape index (κ2) is 10.1. The largest absolute Gasteiger partial charge is 0.304 e. The second-order valence-electron chi connectivity index (χ2n) is 6.15. The summed E-state index contributed by atoms with van der Waals surface area (Å²) >= 11 is 0. The molecular weight excluding hydrogens is 246 g/mol. The summed E-state index contributed by atoms with van der Waals surface area (Å²) in [6.07, 6.45) is 7.93. The molecule has 0 radical (unpaired) electrons. The average molecular weight is 279 g/mol. The first-order valence-electron chi connectivity index (χ1n) is 7.97. The first-order chi connectivity index (χ1) is 9.61. The third kappa shape index (κ3) is 7.83. The van der Waals surface area contributed by atoms with Gasteiger partial charge in [0, 0.05) is 45.8 Å². The van der Waals surface area contributed by atoms with E-state index >= 15 is 0 Å². The fourth-order valence-electron chi connectivity index (χ4n) is 2.56. The quantitative estimate of drug-likeness (QED) is 0.474. The van der Waals surface area contributed by atoms with Crippen molar-refractivity contribution in [1.29, 1.82) is 0 Å². The van der Waals surface area contributed by atoms with E-state index in [1.165, 1.54) is 57.7 Å². The Morgan fingerprint density at radius 1 is 1.20 bits per heavy atom. The van der Waals surface area contributed by atoms with Crippen molar-refractivity contribution in [3.63, 3.8) is 0 Å². The van der Waals surface area contributed by atoms with E-state index in [0.29, 0.717) is 0 Å². The zero-order valence-electron chi connectivity index (χ0n) is 13.8. The van der Waals surface area contributed by atoms with Gasteiger partial charge in [0.15, 0.2) is 0 Å². The highest BCUT2D eigenvalue weighted by atomic mass is 15.3. The zero-order chi connectivity index (χ0) is 14.8. The predicted molar refractivity (Wildman–Crippen MR) is 89.2 cm³/mol. The lowest BCUT2D eigenvalue weighted by Gasteiger charge is -2.33. The van der Waals surface area contributed by atoms with Crippen molar-refractivity contribution in [2.75, 3.05) is 59.9 Å². The lowest BCUT2D eigenvalue weighted by molar-refractivity contribution is 0.142. The topological polar surface area (TPSA) is 9.72 Å². The van der Waals surface area contributed by atoms with E-state index in [4.69, 9.17) is 0 Å². The van der Waals surface area contributed by atoms with E-state index in [2.05, 4.69) is 48.4 Å². The molecule has 0 aromatic rings. The van der Waals surface area contributed by atoms with Crippen LogP contribution >= 0.6 is 0 Å². The molecule has 1 rings (SSSR count). The standard InChI is InChI=1S/C17H33N3/c1-5-6-7-8-9-17(2)16-19(4)12-15-20-13-10-18(3)11-14-20/h5,9H,1,6-8,10-16H2,2-4H3. The Morgan fingerprint density at radius 3 is 2.55 bits per heavy atom. The Bertz CT molecular complexity index is 291. The molecule has 0 atom stereocenters. The summed E-state index contributed by atoms with van der Waals surface area (Å²) in [5.74, 6) is 0. The molecule has 0 saturated carbocycles. The van der Waals surface area contributed by atoms with Crippen molar-refractivity contribution >= 4 is 0 Å². The lowest BCUT2D eigenvalue weighted by atomic mass is 10.1. The fourth-order valence-corrected chi connectivity index (χ4v) is 2.56. The summed E-state index contributed by atoms with van der Waals surface area (Å²) in [5, 5.41) is 0. The summed E-state index contributed by atoms with van der Waals surface area (Å²) in [6, 6.07) is 0. The van der Waals surface area contributed by atoms with Crippen LogP contribution in [-0.4, -0.2) is 74.6 Å². The third-order valence-electron chi connectivity index (χ3n) is 4.02. The predicted octanol–water partition coefficient (Wildman–Crippen LogP) is 2.47. The van der Waals surface area contributed by atoms with E-state index < -0.39 is 0 Å². The van der Waals surface area contributed by atoms with Crippen LogP contribution in [0.4, 0.5) is 0 Å². The molecule has 1 aliphatic heterocycles. The Kier molecular flexibility index (Phi) is 8.83. The molecule has 0 bridgehead atoms. The molecule has 3 nitrogen and oxygen atoms in total. The monoisotopic (exact) mass is 279 g/mol. The summed E-state index contributed by atoms with van der Waals surface area (Å²) in [4.78, 5) is 7.44. The SMILES string of the molecule is C=CCCCC=C(C)CN(C)CCN1CCN(C)CC1. The van der Waals surface area contributed by atoms with Crippen LogP contribution in [0, 0.1) is 0 Å². The van der Waals surface area contributed by atoms with Gasteiger partial charge in [0.2, 0.25) is 0 Å². The maximum Gasteiger partial charge on any atom is 0.0187 e. The zero-order valence-corrected chi connectivity index (χ0v) is 13.8. The van der Waals surface area contributed by atoms with Gasteiger partial charge < -0.3 is 9.80 Å². The molecule has 0 amide bonds. The molecule has 0 N–H and O–H groups in total. The minimum atomic E-state index is 1.10. The number of rotatable bonds is 9. The molecule has 116 valence electrons. The molecule has 1 aliphatic rings. The van der Waals surface area contributed by atoms with E-state index in [9.17, 15) is 0 Å². The van der Waals surface area contributed by atoms with Crippen LogP contribution in [0.1, 0.15) is 26.2 Å². The highest BCUT2D eigenvalue weighted by Crippen LogP contribution is 2.04. The molecule has 1 fully saturated rings. The van der Waals surface area contributed by atoms with Gasteiger partial charge in [0.25, 0.3) is 0 Å². The van der Waals surface area contributed by atoms with Gasteiger partial charge in [-0.15, -0.1) is 6.58 Å². The van der Waals surface area contributed by atoms with Gasteiger partial charge in [-0.3, -0.25) is 4.90 Å². The Balaban J connectivity index is 2.12. The summed E-state index contributed by atoms with van der Waals surface area (Å²) in [6.45, 7) is 14.4. The Morgan fingerprint density at radius 2 is 1.90 bits per heavy atom. The number of likely N-dealkylation sites (N-methyl/N-ethyl adjacent to an activating group) is 2. The number of unbranched alkanes of at least 4 members (excludes halogenated alkanes) is 2. The molecule has 0 aromatic heterocycles. The van der Waals surface area contributed by atoms with E-state index in [1.54, 1.807) is 0 Å². The lowest BCUT2D eigenvalue weighted by Crippen LogP contribution is -2.46. The van der Waals surface area contributed by atoms with Crippen LogP contribution in [0.15, 0.2) is 24.3 Å². The Labute approximate surface area is 125 Å². The van der Waals surface area contributed by atoms with Gasteiger partial charge in [-0.25, -0.2) is 0 Å². The molecule has 0 aromatic carbocycles. The molecular formula is C17H33N3. The maximum atomic E-state index is 3.76. The summed E-state index contributed by atoms with van der Waals surface area (Å²) in [7, 11) is 4.45. The third-order valence-corrected chi connectivity index (χ3v) is 4.02.